The molecule has 1 rings (SSSR count). The van der Waals surface area contributed by atoms with Gasteiger partial charge in [0.2, 0.25) is 0 Å². The molecule has 1 aromatic carbocycles. The van der Waals surface area contributed by atoms with Crippen LogP contribution in [0.25, 0.3) is 0 Å². The molecule has 1 unspecified atom stereocenters. The number of nitrogens with two attached hydrogens (primary N) is 2. The first-order valence-corrected chi connectivity index (χ1v) is 4.56. The Morgan fingerprint density at radius 2 is 2.13 bits per heavy atom. The molecule has 5 nitrogen and oxygen atoms in total. The van der Waals surface area contributed by atoms with E-state index >= 15 is 0 Å². The lowest BCUT2D eigenvalue weighted by Crippen LogP contribution is -2.29. The molecule has 0 aromatic heterocycles. The first-order chi connectivity index (χ1) is 7.18. The third-order valence-electron chi connectivity index (χ3n) is 1.75. The van der Waals surface area contributed by atoms with Crippen molar-refractivity contribution in [3.63, 3.8) is 0 Å². The molecule has 0 aliphatic rings. The van der Waals surface area contributed by atoms with Crippen LogP contribution in [0.4, 0.5) is 4.79 Å². The number of hydrogen-bond acceptors (Lipinski definition) is 3. The molecule has 15 heavy (non-hydrogen) atoms. The maximum absolute atomic E-state index is 10.3. The van der Waals surface area contributed by atoms with Gasteiger partial charge in [0.1, 0.15) is 0 Å². The number of nitrogens with zero attached hydrogens (tertiary/aromatic N) is 1. The zero-order chi connectivity index (χ0) is 11.1. The summed E-state index contributed by atoms with van der Waals surface area (Å²) < 4.78 is 0. The van der Waals surface area contributed by atoms with E-state index in [1.165, 1.54) is 6.21 Å². The van der Waals surface area contributed by atoms with Gasteiger partial charge in [0.15, 0.2) is 0 Å². The maximum atomic E-state index is 10.3. The van der Waals surface area contributed by atoms with Crippen LogP contribution in [0.5, 0.6) is 0 Å². The fourth-order valence-corrected chi connectivity index (χ4v) is 1.14. The Hall–Kier alpha value is -1.88. The number of rotatable bonds is 4. The summed E-state index contributed by atoms with van der Waals surface area (Å²) in [5.41, 5.74) is 13.8. The van der Waals surface area contributed by atoms with E-state index in [9.17, 15) is 4.79 Å². The van der Waals surface area contributed by atoms with Crippen molar-refractivity contribution in [1.29, 1.82) is 0 Å². The second kappa shape index (κ2) is 5.77. The van der Waals surface area contributed by atoms with Crippen LogP contribution in [-0.2, 0) is 6.42 Å². The van der Waals surface area contributed by atoms with Gasteiger partial charge in [-0.2, -0.15) is 5.10 Å². The number of urea groups is 1. The molecule has 2 amide bonds. The highest BCUT2D eigenvalue weighted by Crippen LogP contribution is 2.00. The second-order valence-corrected chi connectivity index (χ2v) is 3.11. The fourth-order valence-electron chi connectivity index (χ4n) is 1.14. The van der Waals surface area contributed by atoms with Crippen molar-refractivity contribution >= 4 is 12.2 Å². The highest BCUT2D eigenvalue weighted by molar-refractivity contribution is 5.73. The third kappa shape index (κ3) is 4.78. The minimum absolute atomic E-state index is 0.237. The number of benzene rings is 1. The van der Waals surface area contributed by atoms with Crippen molar-refractivity contribution in [1.82, 2.24) is 5.43 Å². The number of primary amides is 1. The van der Waals surface area contributed by atoms with Gasteiger partial charge in [-0.1, -0.05) is 30.3 Å². The number of carbonyl (C=O) groups excluding carboxylic acids is 1. The Balaban J connectivity index is 2.39. The number of carbonyl (C=O) groups is 1. The molecular formula is C10H14N4O. The van der Waals surface area contributed by atoms with Crippen LogP contribution < -0.4 is 16.9 Å². The fraction of sp³-hybridized carbons (Fsp3) is 0.200. The first kappa shape index (κ1) is 11.2. The normalized spacial score (nSPS) is 12.6. The minimum atomic E-state index is -0.696. The van der Waals surface area contributed by atoms with Crippen LogP contribution in [0.3, 0.4) is 0 Å². The highest BCUT2D eigenvalue weighted by atomic mass is 16.2. The Morgan fingerprint density at radius 1 is 1.47 bits per heavy atom. The van der Waals surface area contributed by atoms with Gasteiger partial charge in [0, 0.05) is 12.3 Å². The summed E-state index contributed by atoms with van der Waals surface area (Å²) in [6.07, 6.45) is 2.13. The largest absolute Gasteiger partial charge is 0.350 e. The van der Waals surface area contributed by atoms with Gasteiger partial charge in [-0.25, -0.2) is 10.2 Å². The molecule has 0 saturated carbocycles. The number of hydrogen-bond donors (Lipinski definition) is 3. The van der Waals surface area contributed by atoms with E-state index < -0.39 is 6.03 Å². The smallest absolute Gasteiger partial charge is 0.332 e. The quantitative estimate of drug-likeness (QED) is 0.485. The van der Waals surface area contributed by atoms with Gasteiger partial charge in [0.05, 0.1) is 0 Å². The Bertz CT molecular complexity index is 337. The monoisotopic (exact) mass is 206 g/mol. The second-order valence-electron chi connectivity index (χ2n) is 3.11. The summed E-state index contributed by atoms with van der Waals surface area (Å²) in [6.45, 7) is 0. The van der Waals surface area contributed by atoms with Crippen molar-refractivity contribution in [3.8, 4) is 0 Å². The Morgan fingerprint density at radius 3 is 2.73 bits per heavy atom. The topological polar surface area (TPSA) is 93.5 Å². The van der Waals surface area contributed by atoms with Crippen LogP contribution in [0.2, 0.25) is 0 Å². The first-order valence-electron chi connectivity index (χ1n) is 4.56. The molecule has 1 atom stereocenters. The Kier molecular flexibility index (Phi) is 4.30. The van der Waals surface area contributed by atoms with Gasteiger partial charge in [0.25, 0.3) is 0 Å². The molecule has 80 valence electrons. The van der Waals surface area contributed by atoms with Gasteiger partial charge < -0.3 is 11.5 Å². The lowest BCUT2D eigenvalue weighted by Gasteiger charge is -2.05. The SMILES string of the molecule is NC(=O)N/N=C/C(N)Cc1ccccc1. The average molecular weight is 206 g/mol. The van der Waals surface area contributed by atoms with Crippen LogP contribution >= 0.6 is 0 Å². The zero-order valence-corrected chi connectivity index (χ0v) is 8.26. The standard InChI is InChI=1S/C10H14N4O/c11-9(7-13-14-10(12)15)6-8-4-2-1-3-5-8/h1-5,7,9H,6,11H2,(H3,12,14,15)/b13-7+. The van der Waals surface area contributed by atoms with Crippen molar-refractivity contribution in [3.05, 3.63) is 35.9 Å². The molecule has 0 aliphatic heterocycles. The maximum Gasteiger partial charge on any atom is 0.332 e. The van der Waals surface area contributed by atoms with Crippen molar-refractivity contribution in [2.75, 3.05) is 0 Å². The highest BCUT2D eigenvalue weighted by Gasteiger charge is 1.99. The number of hydrazone groups is 1. The van der Waals surface area contributed by atoms with E-state index in [0.29, 0.717) is 6.42 Å². The van der Waals surface area contributed by atoms with Crippen molar-refractivity contribution in [2.45, 2.75) is 12.5 Å². The lowest BCUT2D eigenvalue weighted by molar-refractivity contribution is 0.249. The molecule has 0 fully saturated rings. The van der Waals surface area contributed by atoms with E-state index in [0.717, 1.165) is 5.56 Å². The predicted molar refractivity (Wildman–Crippen MR) is 59.3 cm³/mol. The summed E-state index contributed by atoms with van der Waals surface area (Å²) in [5.74, 6) is 0. The molecule has 0 heterocycles. The Labute approximate surface area is 88.1 Å². The van der Waals surface area contributed by atoms with E-state index in [-0.39, 0.29) is 6.04 Å². The summed E-state index contributed by atoms with van der Waals surface area (Å²) >= 11 is 0. The number of nitrogens with one attached hydrogen (secondary N) is 1. The average Bonchev–Trinajstić information content (AvgIpc) is 2.18. The molecule has 0 spiro atoms. The predicted octanol–water partition coefficient (Wildman–Crippen LogP) is 0.211. The molecule has 0 saturated heterocycles. The van der Waals surface area contributed by atoms with Crippen LogP contribution in [0.15, 0.2) is 35.4 Å². The van der Waals surface area contributed by atoms with Gasteiger partial charge in [-0.3, -0.25) is 0 Å². The van der Waals surface area contributed by atoms with Crippen molar-refractivity contribution in [2.24, 2.45) is 16.6 Å². The molecular weight excluding hydrogens is 192 g/mol. The van der Waals surface area contributed by atoms with E-state index in [1.54, 1.807) is 0 Å². The number of amides is 2. The molecule has 5 N–H and O–H groups in total. The zero-order valence-electron chi connectivity index (χ0n) is 8.26. The lowest BCUT2D eigenvalue weighted by atomic mass is 10.1. The summed E-state index contributed by atoms with van der Waals surface area (Å²) in [7, 11) is 0. The van der Waals surface area contributed by atoms with Crippen LogP contribution in [-0.4, -0.2) is 18.3 Å². The van der Waals surface area contributed by atoms with Gasteiger partial charge in [-0.05, 0) is 12.0 Å². The van der Waals surface area contributed by atoms with Crippen molar-refractivity contribution < 1.29 is 4.79 Å². The molecule has 0 radical (unpaired) electrons. The van der Waals surface area contributed by atoms with Crippen LogP contribution in [0.1, 0.15) is 5.56 Å². The molecule has 1 aromatic rings. The van der Waals surface area contributed by atoms with E-state index in [4.69, 9.17) is 11.5 Å². The summed E-state index contributed by atoms with van der Waals surface area (Å²) in [4.78, 5) is 10.3. The molecule has 0 aliphatic carbocycles. The van der Waals surface area contributed by atoms with Gasteiger partial charge in [-0.15, -0.1) is 0 Å². The summed E-state index contributed by atoms with van der Waals surface area (Å²) in [6, 6.07) is 8.86. The summed E-state index contributed by atoms with van der Waals surface area (Å²) in [5, 5.41) is 3.59. The third-order valence-corrected chi connectivity index (χ3v) is 1.75. The van der Waals surface area contributed by atoms with E-state index in [2.05, 4.69) is 10.5 Å². The van der Waals surface area contributed by atoms with Crippen LogP contribution in [0, 0.1) is 0 Å². The minimum Gasteiger partial charge on any atom is -0.350 e. The van der Waals surface area contributed by atoms with E-state index in [1.807, 2.05) is 30.3 Å². The molecule has 0 bridgehead atoms. The molecule has 5 heteroatoms. The van der Waals surface area contributed by atoms with Gasteiger partial charge >= 0.3 is 6.03 Å².